The van der Waals surface area contributed by atoms with Crippen LogP contribution in [0.4, 0.5) is 9.59 Å². The molecule has 14 nitrogen and oxygen atoms in total. The van der Waals surface area contributed by atoms with Crippen molar-refractivity contribution in [2.75, 3.05) is 19.7 Å². The van der Waals surface area contributed by atoms with Gasteiger partial charge in [0.2, 0.25) is 21.8 Å². The van der Waals surface area contributed by atoms with E-state index in [1.165, 1.54) is 11.0 Å². The summed E-state index contributed by atoms with van der Waals surface area (Å²) in [4.78, 5) is 71.8. The SMILES string of the molecule is C=C[C@@H]1C[C@]1(NC(=O)[C@@H]1C[C@@H]2CN1C(=O)[C@H](C1CCCC1)NC(=O)OCCCC=Cc1cccc3c1CN(CC3)C(=O)O2)C(=O)NS(=O)(=O)C1CC1. The van der Waals surface area contributed by atoms with Gasteiger partial charge in [-0.25, -0.2) is 18.0 Å². The molecular weight excluding hydrogens is 691 g/mol. The molecule has 52 heavy (non-hydrogen) atoms. The van der Waals surface area contributed by atoms with Crippen LogP contribution in [0, 0.1) is 11.8 Å². The van der Waals surface area contributed by atoms with Crippen LogP contribution in [-0.2, 0) is 46.8 Å². The van der Waals surface area contributed by atoms with E-state index in [-0.39, 0.29) is 31.9 Å². The Kier molecular flexibility index (Phi) is 10.1. The van der Waals surface area contributed by atoms with Crippen LogP contribution in [-0.4, -0.2) is 96.8 Å². The first-order valence-corrected chi connectivity index (χ1v) is 20.0. The Morgan fingerprint density at radius 1 is 1.08 bits per heavy atom. The zero-order valence-electron chi connectivity index (χ0n) is 29.2. The van der Waals surface area contributed by atoms with Crippen molar-refractivity contribution in [1.82, 2.24) is 25.2 Å². The van der Waals surface area contributed by atoms with Gasteiger partial charge in [-0.2, -0.15) is 0 Å². The fourth-order valence-electron chi connectivity index (χ4n) is 8.13. The van der Waals surface area contributed by atoms with Gasteiger partial charge in [0.15, 0.2) is 0 Å². The maximum atomic E-state index is 14.5. The maximum absolute atomic E-state index is 14.5. The van der Waals surface area contributed by atoms with E-state index in [9.17, 15) is 32.4 Å². The minimum Gasteiger partial charge on any atom is -0.450 e. The van der Waals surface area contributed by atoms with Crippen molar-refractivity contribution >= 4 is 46.0 Å². The van der Waals surface area contributed by atoms with Crippen molar-refractivity contribution < 1.29 is 41.9 Å². The number of alkyl carbamates (subject to hydrolysis) is 1. The summed E-state index contributed by atoms with van der Waals surface area (Å²) in [6, 6.07) is 3.87. The highest BCUT2D eigenvalue weighted by atomic mass is 32.2. The van der Waals surface area contributed by atoms with E-state index in [1.54, 1.807) is 4.90 Å². The quantitative estimate of drug-likeness (QED) is 0.355. The molecule has 0 unspecified atom stereocenters. The zero-order valence-corrected chi connectivity index (χ0v) is 30.0. The summed E-state index contributed by atoms with van der Waals surface area (Å²) in [5, 5.41) is 4.91. The summed E-state index contributed by atoms with van der Waals surface area (Å²) in [6.07, 6.45) is 9.38. The highest BCUT2D eigenvalue weighted by Crippen LogP contribution is 2.45. The number of carbonyl (C=O) groups is 5. The molecule has 0 radical (unpaired) electrons. The summed E-state index contributed by atoms with van der Waals surface area (Å²) < 4.78 is 39.0. The fraction of sp³-hybridized carbons (Fsp3) is 0.595. The number of allylic oxidation sites excluding steroid dienone is 1. The number of carbonyl (C=O) groups excluding carboxylic acids is 5. The molecule has 6 aliphatic rings. The lowest BCUT2D eigenvalue weighted by Crippen LogP contribution is -2.59. The molecule has 7 rings (SSSR count). The van der Waals surface area contributed by atoms with Crippen LogP contribution in [0.5, 0.6) is 0 Å². The molecule has 3 aliphatic heterocycles. The molecule has 1 aromatic carbocycles. The van der Waals surface area contributed by atoms with Gasteiger partial charge in [0.25, 0.3) is 5.91 Å². The molecule has 3 heterocycles. The third-order valence-electron chi connectivity index (χ3n) is 11.4. The number of hydrogen-bond acceptors (Lipinski definition) is 9. The largest absolute Gasteiger partial charge is 0.450 e. The van der Waals surface area contributed by atoms with Gasteiger partial charge < -0.3 is 29.9 Å². The Labute approximate surface area is 303 Å². The Morgan fingerprint density at radius 3 is 2.60 bits per heavy atom. The number of nitrogens with one attached hydrogen (secondary N) is 3. The second kappa shape index (κ2) is 14.6. The molecule has 5 atom stereocenters. The van der Waals surface area contributed by atoms with Crippen molar-refractivity contribution in [3.8, 4) is 0 Å². The van der Waals surface area contributed by atoms with Crippen molar-refractivity contribution in [3.05, 3.63) is 53.6 Å². The second-order valence-electron chi connectivity index (χ2n) is 14.9. The van der Waals surface area contributed by atoms with Crippen LogP contribution in [0.15, 0.2) is 36.9 Å². The number of cyclic esters (lactones) is 1. The summed E-state index contributed by atoms with van der Waals surface area (Å²) in [5.41, 5.74) is 1.59. The predicted octanol–water partition coefficient (Wildman–Crippen LogP) is 2.91. The molecule has 280 valence electrons. The van der Waals surface area contributed by atoms with Crippen LogP contribution in [0.2, 0.25) is 0 Å². The fourth-order valence-corrected chi connectivity index (χ4v) is 9.49. The number of rotatable bonds is 7. The summed E-state index contributed by atoms with van der Waals surface area (Å²) >= 11 is 0. The summed E-state index contributed by atoms with van der Waals surface area (Å²) in [7, 11) is -3.90. The van der Waals surface area contributed by atoms with Crippen molar-refractivity contribution in [2.45, 2.75) is 106 Å². The maximum Gasteiger partial charge on any atom is 0.410 e. The number of fused-ring (bicyclic) bond motifs is 3. The van der Waals surface area contributed by atoms with Crippen molar-refractivity contribution in [2.24, 2.45) is 11.8 Å². The molecule has 0 spiro atoms. The van der Waals surface area contributed by atoms with Gasteiger partial charge in [0, 0.05) is 25.4 Å². The average Bonchev–Trinajstić information content (AvgIpc) is 4.00. The van der Waals surface area contributed by atoms with Crippen LogP contribution in [0.1, 0.15) is 80.9 Å². The van der Waals surface area contributed by atoms with Gasteiger partial charge >= 0.3 is 12.2 Å². The third kappa shape index (κ3) is 7.42. The molecule has 1 saturated heterocycles. The normalized spacial score (nSPS) is 29.9. The lowest BCUT2D eigenvalue weighted by Gasteiger charge is -2.32. The molecule has 15 heteroatoms. The monoisotopic (exact) mass is 737 g/mol. The summed E-state index contributed by atoms with van der Waals surface area (Å²) in [6.45, 7) is 4.58. The van der Waals surface area contributed by atoms with Crippen LogP contribution in [0.25, 0.3) is 6.08 Å². The smallest absolute Gasteiger partial charge is 0.410 e. The average molecular weight is 738 g/mol. The van der Waals surface area contributed by atoms with Gasteiger partial charge in [-0.1, -0.05) is 49.3 Å². The Bertz CT molecular complexity index is 1770. The molecule has 3 saturated carbocycles. The molecule has 5 amide bonds. The Balaban J connectivity index is 1.16. The molecule has 3 N–H and O–H groups in total. The molecule has 4 fully saturated rings. The van der Waals surface area contributed by atoms with Crippen molar-refractivity contribution in [3.63, 3.8) is 0 Å². The Morgan fingerprint density at radius 2 is 1.87 bits per heavy atom. The number of sulfonamides is 1. The minimum atomic E-state index is -3.90. The minimum absolute atomic E-state index is 0.0552. The van der Waals surface area contributed by atoms with E-state index >= 15 is 0 Å². The van der Waals surface area contributed by atoms with E-state index in [4.69, 9.17) is 9.47 Å². The second-order valence-corrected chi connectivity index (χ2v) is 16.9. The molecule has 4 bridgehead atoms. The topological polar surface area (TPSA) is 181 Å². The number of nitrogens with zero attached hydrogens (tertiary/aromatic N) is 2. The van der Waals surface area contributed by atoms with Gasteiger partial charge in [0.05, 0.1) is 18.4 Å². The van der Waals surface area contributed by atoms with Crippen LogP contribution in [0.3, 0.4) is 0 Å². The molecule has 1 aromatic rings. The van der Waals surface area contributed by atoms with Gasteiger partial charge in [-0.3, -0.25) is 19.1 Å². The lowest BCUT2D eigenvalue weighted by molar-refractivity contribution is -0.142. The van der Waals surface area contributed by atoms with Crippen LogP contribution >= 0.6 is 0 Å². The van der Waals surface area contributed by atoms with E-state index in [1.807, 2.05) is 30.4 Å². The first kappa shape index (κ1) is 36.0. The van der Waals surface area contributed by atoms with Crippen molar-refractivity contribution in [1.29, 1.82) is 0 Å². The number of amides is 5. The predicted molar refractivity (Wildman–Crippen MR) is 189 cm³/mol. The number of hydrogen-bond donors (Lipinski definition) is 3. The highest BCUT2D eigenvalue weighted by Gasteiger charge is 2.62. The third-order valence-corrected chi connectivity index (χ3v) is 13.2. The van der Waals surface area contributed by atoms with Gasteiger partial charge in [-0.05, 0) is 74.0 Å². The number of ether oxygens (including phenoxy) is 2. The molecular formula is C37H47N5O9S. The lowest BCUT2D eigenvalue weighted by atomic mass is 9.94. The summed E-state index contributed by atoms with van der Waals surface area (Å²) in [5.74, 6) is -2.76. The van der Waals surface area contributed by atoms with E-state index in [2.05, 4.69) is 21.9 Å². The standard InChI is InChI=1S/C37H47N5O9S/c1-2-26-20-37(26,34(45)40-52(48,49)28-14-15-28)39-32(43)30-19-27-21-42(30)33(44)31(25-10-5-6-11-25)38-35(46)50-18-7-3-4-9-23-12-8-13-24-16-17-41(22-29(23)24)36(47)51-27/h2,4,8-9,12-13,25-28,30-31H,1,3,5-7,10-11,14-22H2,(H,38,46)(H,39,43)(H,40,45)/t26-,27-,30+,31+,37-/m1/s1. The highest BCUT2D eigenvalue weighted by molar-refractivity contribution is 7.91. The number of benzene rings is 1. The van der Waals surface area contributed by atoms with Gasteiger partial charge in [-0.15, -0.1) is 6.58 Å². The first-order valence-electron chi connectivity index (χ1n) is 18.5. The van der Waals surface area contributed by atoms with Crippen LogP contribution < -0.4 is 15.4 Å². The molecule has 0 aromatic heterocycles. The Hall–Kier alpha value is -4.40. The van der Waals surface area contributed by atoms with E-state index in [0.29, 0.717) is 58.0 Å². The molecule has 3 aliphatic carbocycles. The van der Waals surface area contributed by atoms with Gasteiger partial charge in [0.1, 0.15) is 23.7 Å². The first-order chi connectivity index (χ1) is 25.0. The van der Waals surface area contributed by atoms with E-state index in [0.717, 1.165) is 29.5 Å². The zero-order chi connectivity index (χ0) is 36.6. The van der Waals surface area contributed by atoms with E-state index < -0.39 is 74.8 Å².